The van der Waals surface area contributed by atoms with Crippen LogP contribution in [0.1, 0.15) is 13.8 Å². The fraction of sp³-hybridized carbons (Fsp3) is 0.545. The van der Waals surface area contributed by atoms with Crippen molar-refractivity contribution >= 4 is 33.6 Å². The third-order valence-electron chi connectivity index (χ3n) is 2.18. The van der Waals surface area contributed by atoms with Crippen LogP contribution in [0.3, 0.4) is 0 Å². The summed E-state index contributed by atoms with van der Waals surface area (Å²) in [4.78, 5) is 21.8. The minimum absolute atomic E-state index is 0.0319. The lowest BCUT2D eigenvalue weighted by Crippen LogP contribution is -2.35. The second kappa shape index (κ2) is 7.15. The van der Waals surface area contributed by atoms with Gasteiger partial charge in [-0.2, -0.15) is 4.98 Å². The summed E-state index contributed by atoms with van der Waals surface area (Å²) in [5, 5.41) is 5.79. The van der Waals surface area contributed by atoms with Crippen molar-refractivity contribution in [1.29, 1.82) is 0 Å². The van der Waals surface area contributed by atoms with Crippen molar-refractivity contribution in [2.24, 2.45) is 0 Å². The molecule has 100 valence electrons. The molecule has 0 aliphatic rings. The molecule has 1 heterocycles. The Hall–Kier alpha value is -1.37. The van der Waals surface area contributed by atoms with Gasteiger partial charge >= 0.3 is 0 Å². The number of rotatable bonds is 6. The van der Waals surface area contributed by atoms with E-state index in [1.807, 2.05) is 20.9 Å². The standard InChI is InChI=1S/C11H18BrN5O/c1-4-13-9(18)7-17(3)10-8(12)6-15-11(16-10)14-5-2/h6H,4-5,7H2,1-3H3,(H,13,18)(H,14,15,16). The summed E-state index contributed by atoms with van der Waals surface area (Å²) in [5.41, 5.74) is 0. The maximum absolute atomic E-state index is 11.5. The molecule has 1 aromatic rings. The van der Waals surface area contributed by atoms with Gasteiger partial charge in [-0.05, 0) is 29.8 Å². The highest BCUT2D eigenvalue weighted by molar-refractivity contribution is 9.10. The van der Waals surface area contributed by atoms with Gasteiger partial charge in [0.2, 0.25) is 11.9 Å². The average molecular weight is 316 g/mol. The van der Waals surface area contributed by atoms with E-state index in [0.717, 1.165) is 11.0 Å². The zero-order valence-corrected chi connectivity index (χ0v) is 12.4. The van der Waals surface area contributed by atoms with Crippen molar-refractivity contribution in [3.8, 4) is 0 Å². The van der Waals surface area contributed by atoms with E-state index in [1.165, 1.54) is 0 Å². The average Bonchev–Trinajstić information content (AvgIpc) is 2.32. The van der Waals surface area contributed by atoms with Crippen LogP contribution < -0.4 is 15.5 Å². The molecule has 1 aromatic heterocycles. The molecule has 0 aromatic carbocycles. The molecule has 0 aliphatic heterocycles. The summed E-state index contributed by atoms with van der Waals surface area (Å²) in [5.74, 6) is 1.21. The largest absolute Gasteiger partial charge is 0.355 e. The zero-order chi connectivity index (χ0) is 13.5. The summed E-state index contributed by atoms with van der Waals surface area (Å²) in [6.45, 7) is 5.50. The van der Waals surface area contributed by atoms with Crippen molar-refractivity contribution in [3.05, 3.63) is 10.7 Å². The summed E-state index contributed by atoms with van der Waals surface area (Å²) in [6.07, 6.45) is 1.68. The molecule has 0 saturated heterocycles. The van der Waals surface area contributed by atoms with Crippen LogP contribution in [0, 0.1) is 0 Å². The lowest BCUT2D eigenvalue weighted by molar-refractivity contribution is -0.119. The van der Waals surface area contributed by atoms with Gasteiger partial charge in [0.25, 0.3) is 0 Å². The van der Waals surface area contributed by atoms with Gasteiger partial charge in [0.1, 0.15) is 5.82 Å². The van der Waals surface area contributed by atoms with Gasteiger partial charge in [-0.15, -0.1) is 0 Å². The quantitative estimate of drug-likeness (QED) is 0.826. The minimum Gasteiger partial charge on any atom is -0.355 e. The number of halogens is 1. The molecule has 0 saturated carbocycles. The van der Waals surface area contributed by atoms with E-state index < -0.39 is 0 Å². The summed E-state index contributed by atoms with van der Waals surface area (Å²) >= 11 is 3.38. The number of aromatic nitrogens is 2. The molecule has 0 unspecified atom stereocenters. The number of nitrogens with one attached hydrogen (secondary N) is 2. The number of carbonyl (C=O) groups is 1. The summed E-state index contributed by atoms with van der Waals surface area (Å²) < 4.78 is 0.760. The molecule has 7 heteroatoms. The van der Waals surface area contributed by atoms with Crippen LogP contribution >= 0.6 is 15.9 Å². The lowest BCUT2D eigenvalue weighted by Gasteiger charge is -2.19. The number of carbonyl (C=O) groups excluding carboxylic acids is 1. The van der Waals surface area contributed by atoms with E-state index >= 15 is 0 Å². The van der Waals surface area contributed by atoms with Gasteiger partial charge < -0.3 is 15.5 Å². The van der Waals surface area contributed by atoms with Crippen LogP contribution in [0.15, 0.2) is 10.7 Å². The van der Waals surface area contributed by atoms with E-state index in [2.05, 4.69) is 36.5 Å². The van der Waals surface area contributed by atoms with E-state index in [9.17, 15) is 4.79 Å². The Morgan fingerprint density at radius 2 is 2.17 bits per heavy atom. The first-order valence-corrected chi connectivity index (χ1v) is 6.62. The number of likely N-dealkylation sites (N-methyl/N-ethyl adjacent to an activating group) is 2. The van der Waals surface area contributed by atoms with Crippen molar-refractivity contribution in [3.63, 3.8) is 0 Å². The molecule has 1 rings (SSSR count). The van der Waals surface area contributed by atoms with Crippen molar-refractivity contribution < 1.29 is 4.79 Å². The second-order valence-corrected chi connectivity index (χ2v) is 4.56. The van der Waals surface area contributed by atoms with E-state index in [0.29, 0.717) is 18.3 Å². The molecule has 6 nitrogen and oxygen atoms in total. The summed E-state index contributed by atoms with van der Waals surface area (Å²) in [6, 6.07) is 0. The molecule has 1 amide bonds. The minimum atomic E-state index is -0.0319. The highest BCUT2D eigenvalue weighted by Crippen LogP contribution is 2.22. The van der Waals surface area contributed by atoms with E-state index in [4.69, 9.17) is 0 Å². The second-order valence-electron chi connectivity index (χ2n) is 3.71. The smallest absolute Gasteiger partial charge is 0.239 e. The molecule has 0 aliphatic carbocycles. The van der Waals surface area contributed by atoms with Gasteiger partial charge in [-0.1, -0.05) is 0 Å². The fourth-order valence-corrected chi connectivity index (χ4v) is 1.91. The Kier molecular flexibility index (Phi) is 5.84. The Bertz CT molecular complexity index is 412. The monoisotopic (exact) mass is 315 g/mol. The molecular formula is C11H18BrN5O. The van der Waals surface area contributed by atoms with Crippen LogP contribution in [-0.2, 0) is 4.79 Å². The Morgan fingerprint density at radius 3 is 2.78 bits per heavy atom. The number of hydrogen-bond acceptors (Lipinski definition) is 5. The van der Waals surface area contributed by atoms with Crippen molar-refractivity contribution in [2.45, 2.75) is 13.8 Å². The molecule has 0 spiro atoms. The SMILES string of the molecule is CCNC(=O)CN(C)c1nc(NCC)ncc1Br. The maximum atomic E-state index is 11.5. The highest BCUT2D eigenvalue weighted by Gasteiger charge is 2.12. The highest BCUT2D eigenvalue weighted by atomic mass is 79.9. The third-order valence-corrected chi connectivity index (χ3v) is 2.74. The van der Waals surface area contributed by atoms with Gasteiger partial charge in [0.15, 0.2) is 0 Å². The number of amides is 1. The number of anilines is 2. The van der Waals surface area contributed by atoms with Crippen LogP contribution in [0.4, 0.5) is 11.8 Å². The molecular weight excluding hydrogens is 298 g/mol. The van der Waals surface area contributed by atoms with Crippen molar-refractivity contribution in [1.82, 2.24) is 15.3 Å². The van der Waals surface area contributed by atoms with E-state index in [1.54, 1.807) is 11.1 Å². The molecule has 0 atom stereocenters. The lowest BCUT2D eigenvalue weighted by atomic mass is 10.4. The van der Waals surface area contributed by atoms with Crippen LogP contribution in [0.5, 0.6) is 0 Å². The zero-order valence-electron chi connectivity index (χ0n) is 10.8. The first-order valence-electron chi connectivity index (χ1n) is 5.82. The topological polar surface area (TPSA) is 70.2 Å². The van der Waals surface area contributed by atoms with E-state index in [-0.39, 0.29) is 12.5 Å². The summed E-state index contributed by atoms with van der Waals surface area (Å²) in [7, 11) is 1.82. The van der Waals surface area contributed by atoms with Gasteiger partial charge in [-0.25, -0.2) is 4.98 Å². The van der Waals surface area contributed by atoms with Gasteiger partial charge in [0, 0.05) is 26.3 Å². The van der Waals surface area contributed by atoms with Crippen molar-refractivity contribution in [2.75, 3.05) is 36.9 Å². The molecule has 0 fully saturated rings. The van der Waals surface area contributed by atoms with Crippen LogP contribution in [-0.4, -0.2) is 42.6 Å². The molecule has 2 N–H and O–H groups in total. The normalized spacial score (nSPS) is 10.0. The number of nitrogens with zero attached hydrogens (tertiary/aromatic N) is 3. The van der Waals surface area contributed by atoms with Gasteiger partial charge in [-0.3, -0.25) is 4.79 Å². The predicted octanol–water partition coefficient (Wildman–Crippen LogP) is 1.24. The van der Waals surface area contributed by atoms with Crippen LogP contribution in [0.25, 0.3) is 0 Å². The Labute approximate surface area is 115 Å². The third kappa shape index (κ3) is 4.14. The maximum Gasteiger partial charge on any atom is 0.239 e. The molecule has 0 radical (unpaired) electrons. The first kappa shape index (κ1) is 14.7. The Morgan fingerprint density at radius 1 is 1.44 bits per heavy atom. The van der Waals surface area contributed by atoms with Gasteiger partial charge in [0.05, 0.1) is 11.0 Å². The van der Waals surface area contributed by atoms with Crippen LogP contribution in [0.2, 0.25) is 0 Å². The fourth-order valence-electron chi connectivity index (χ4n) is 1.41. The first-order chi connectivity index (χ1) is 8.58. The molecule has 18 heavy (non-hydrogen) atoms. The molecule has 0 bridgehead atoms. The Balaban J connectivity index is 2.80. The predicted molar refractivity (Wildman–Crippen MR) is 75.8 cm³/mol. The number of hydrogen-bond donors (Lipinski definition) is 2.